The van der Waals surface area contributed by atoms with Crippen molar-refractivity contribution in [2.24, 2.45) is 23.7 Å². The second-order valence-corrected chi connectivity index (χ2v) is 11.9. The normalized spacial score (nSPS) is 37.1. The molecule has 0 radical (unpaired) electrons. The Balaban J connectivity index is 1.67. The van der Waals surface area contributed by atoms with Gasteiger partial charge in [0.2, 0.25) is 0 Å². The number of hydrogen-bond acceptors (Lipinski definition) is 0. The topological polar surface area (TPSA) is 0 Å². The zero-order chi connectivity index (χ0) is 13.7. The molecule has 0 aromatic rings. The zero-order valence-electron chi connectivity index (χ0n) is 12.2. The first-order valence-corrected chi connectivity index (χ1v) is 10.6. The molecule has 0 aromatic heterocycles. The molecular weight excluding hydrogens is 458 g/mol. The van der Waals surface area contributed by atoms with Crippen LogP contribution in [0.3, 0.4) is 0 Å². The lowest BCUT2D eigenvalue weighted by Gasteiger charge is -2.37. The molecule has 2 fully saturated rings. The average Bonchev–Trinajstić information content (AvgIpc) is 2.40. The number of allylic oxidation sites excluding steroid dienone is 2. The molecule has 0 saturated heterocycles. The van der Waals surface area contributed by atoms with Gasteiger partial charge in [0.1, 0.15) is 0 Å². The van der Waals surface area contributed by atoms with Crippen LogP contribution in [0, 0.1) is 23.7 Å². The second-order valence-electron chi connectivity index (χ2n) is 6.80. The largest absolute Gasteiger partial charge is 0.0865 e. The highest BCUT2D eigenvalue weighted by atomic mass is 127. The van der Waals surface area contributed by atoms with E-state index in [2.05, 4.69) is 64.3 Å². The van der Waals surface area contributed by atoms with Gasteiger partial charge in [-0.15, -0.1) is 0 Å². The molecule has 0 N–H and O–H groups in total. The molecule has 0 atom stereocenters. The van der Waals surface area contributed by atoms with E-state index in [1.807, 2.05) is 0 Å². The van der Waals surface area contributed by atoms with Gasteiger partial charge in [0.05, 0.1) is 1.93 Å². The van der Waals surface area contributed by atoms with Gasteiger partial charge in [-0.25, -0.2) is 0 Å². The molecule has 0 unspecified atom stereocenters. The fourth-order valence-electron chi connectivity index (χ4n) is 4.03. The lowest BCUT2D eigenvalue weighted by Crippen LogP contribution is -2.25. The summed E-state index contributed by atoms with van der Waals surface area (Å²) < 4.78 is 0.663. The fourth-order valence-corrected chi connectivity index (χ4v) is 4.61. The Hall–Kier alpha value is 1.20. The van der Waals surface area contributed by atoms with Crippen LogP contribution in [0.2, 0.25) is 0 Å². The van der Waals surface area contributed by atoms with E-state index >= 15 is 0 Å². The monoisotopic (exact) mass is 486 g/mol. The molecule has 0 amide bonds. The van der Waals surface area contributed by atoms with Crippen molar-refractivity contribution in [3.63, 3.8) is 0 Å². The third-order valence-corrected chi connectivity index (χ3v) is 6.20. The zero-order valence-corrected chi connectivity index (χ0v) is 16.5. The molecule has 2 heteroatoms. The van der Waals surface area contributed by atoms with Crippen LogP contribution in [-0.2, 0) is 0 Å². The molecule has 0 aliphatic heterocycles. The molecular formula is C17H28I2. The van der Waals surface area contributed by atoms with Crippen LogP contribution < -0.4 is 0 Å². The second kappa shape index (κ2) is 8.60. The average molecular weight is 486 g/mol. The van der Waals surface area contributed by atoms with Crippen molar-refractivity contribution in [1.82, 2.24) is 0 Å². The van der Waals surface area contributed by atoms with Gasteiger partial charge >= 0.3 is 0 Å². The van der Waals surface area contributed by atoms with Crippen molar-refractivity contribution < 1.29 is 0 Å². The third-order valence-electron chi connectivity index (χ3n) is 5.37. The van der Waals surface area contributed by atoms with Gasteiger partial charge in [-0.3, -0.25) is 0 Å². The predicted octanol–water partition coefficient (Wildman–Crippen LogP) is 6.76. The van der Waals surface area contributed by atoms with Crippen LogP contribution in [0.25, 0.3) is 0 Å². The van der Waals surface area contributed by atoms with Gasteiger partial charge in [-0.1, -0.05) is 77.1 Å². The van der Waals surface area contributed by atoms with Gasteiger partial charge in [-0.2, -0.15) is 0 Å². The quantitative estimate of drug-likeness (QED) is 0.234. The Bertz CT molecular complexity index is 269. The van der Waals surface area contributed by atoms with Crippen LogP contribution in [0.5, 0.6) is 0 Å². The summed E-state index contributed by atoms with van der Waals surface area (Å²) in [5.74, 6) is 4.16. The molecule has 0 bridgehead atoms. The van der Waals surface area contributed by atoms with Crippen molar-refractivity contribution in [2.75, 3.05) is 0 Å². The lowest BCUT2D eigenvalue weighted by atomic mass is 9.69. The van der Waals surface area contributed by atoms with Crippen molar-refractivity contribution >= 4 is 45.2 Å². The SMILES string of the molecule is CC1CCC(C2CCC(CC=CC(I)I)CC2)CC1. The van der Waals surface area contributed by atoms with Gasteiger partial charge in [-0.05, 0) is 68.6 Å². The number of hydrogen-bond donors (Lipinski definition) is 0. The molecule has 2 rings (SSSR count). The van der Waals surface area contributed by atoms with Crippen molar-refractivity contribution in [3.05, 3.63) is 12.2 Å². The minimum atomic E-state index is 0.663. The Morgan fingerprint density at radius 2 is 1.42 bits per heavy atom. The van der Waals surface area contributed by atoms with Crippen molar-refractivity contribution in [2.45, 2.75) is 66.6 Å². The Labute approximate surface area is 146 Å². The van der Waals surface area contributed by atoms with Gasteiger partial charge < -0.3 is 0 Å². The van der Waals surface area contributed by atoms with E-state index < -0.39 is 0 Å². The van der Waals surface area contributed by atoms with Crippen LogP contribution in [-0.4, -0.2) is 1.93 Å². The fraction of sp³-hybridized carbons (Fsp3) is 0.882. The van der Waals surface area contributed by atoms with E-state index in [0.29, 0.717) is 1.93 Å². The van der Waals surface area contributed by atoms with Crippen LogP contribution in [0.4, 0.5) is 0 Å². The van der Waals surface area contributed by atoms with Gasteiger partial charge in [0.25, 0.3) is 0 Å². The highest BCUT2D eigenvalue weighted by Crippen LogP contribution is 2.41. The first kappa shape index (κ1) is 16.6. The molecule has 0 spiro atoms. The third kappa shape index (κ3) is 5.84. The van der Waals surface area contributed by atoms with E-state index in [4.69, 9.17) is 0 Å². The summed E-state index contributed by atoms with van der Waals surface area (Å²) >= 11 is 4.94. The number of halogens is 2. The maximum absolute atomic E-state index is 2.47. The molecule has 19 heavy (non-hydrogen) atoms. The first-order valence-electron chi connectivity index (χ1n) is 8.10. The Morgan fingerprint density at radius 1 is 0.895 bits per heavy atom. The molecule has 0 heterocycles. The summed E-state index contributed by atoms with van der Waals surface area (Å²) in [6.07, 6.45) is 18.2. The summed E-state index contributed by atoms with van der Waals surface area (Å²) in [6, 6.07) is 0. The molecule has 2 saturated carbocycles. The summed E-state index contributed by atoms with van der Waals surface area (Å²) in [6.45, 7) is 2.44. The Kier molecular flexibility index (Phi) is 7.50. The summed E-state index contributed by atoms with van der Waals surface area (Å²) in [4.78, 5) is 0. The molecule has 110 valence electrons. The smallest absolute Gasteiger partial charge is 0.0805 e. The van der Waals surface area contributed by atoms with E-state index in [9.17, 15) is 0 Å². The maximum Gasteiger partial charge on any atom is 0.0805 e. The van der Waals surface area contributed by atoms with Crippen molar-refractivity contribution in [1.29, 1.82) is 0 Å². The van der Waals surface area contributed by atoms with Crippen molar-refractivity contribution in [3.8, 4) is 0 Å². The van der Waals surface area contributed by atoms with Crippen LogP contribution >= 0.6 is 45.2 Å². The minimum absolute atomic E-state index is 0.663. The van der Waals surface area contributed by atoms with E-state index in [1.165, 1.54) is 57.8 Å². The number of alkyl halides is 2. The first-order chi connectivity index (χ1) is 9.15. The minimum Gasteiger partial charge on any atom is -0.0865 e. The lowest BCUT2D eigenvalue weighted by molar-refractivity contribution is 0.151. The Morgan fingerprint density at radius 3 is 1.95 bits per heavy atom. The number of rotatable bonds is 4. The summed E-state index contributed by atoms with van der Waals surface area (Å²) in [7, 11) is 0. The van der Waals surface area contributed by atoms with E-state index in [0.717, 1.165) is 23.7 Å². The van der Waals surface area contributed by atoms with Gasteiger partial charge in [0.15, 0.2) is 0 Å². The summed E-state index contributed by atoms with van der Waals surface area (Å²) in [5.41, 5.74) is 0. The highest BCUT2D eigenvalue weighted by Gasteiger charge is 2.29. The maximum atomic E-state index is 2.47. The summed E-state index contributed by atoms with van der Waals surface area (Å²) in [5, 5.41) is 0. The molecule has 0 aromatic carbocycles. The van der Waals surface area contributed by atoms with Crippen LogP contribution in [0.15, 0.2) is 12.2 Å². The molecule has 0 nitrogen and oxygen atoms in total. The van der Waals surface area contributed by atoms with E-state index in [1.54, 1.807) is 0 Å². The molecule has 2 aliphatic carbocycles. The van der Waals surface area contributed by atoms with Gasteiger partial charge in [0, 0.05) is 0 Å². The highest BCUT2D eigenvalue weighted by molar-refractivity contribution is 14.2. The van der Waals surface area contributed by atoms with E-state index in [-0.39, 0.29) is 0 Å². The molecule has 2 aliphatic rings. The van der Waals surface area contributed by atoms with Crippen LogP contribution in [0.1, 0.15) is 64.7 Å². The standard InChI is InChI=1S/C17H28I2/c1-13-5-9-15(10-6-13)16-11-7-14(8-12-16)3-2-4-17(18)19/h2,4,13-17H,3,5-12H2,1H3. The predicted molar refractivity (Wildman–Crippen MR) is 102 cm³/mol.